The van der Waals surface area contributed by atoms with E-state index < -0.39 is 17.3 Å². The molecule has 0 aliphatic rings. The minimum absolute atomic E-state index is 0.101. The van der Waals surface area contributed by atoms with Crippen molar-refractivity contribution in [2.24, 2.45) is 11.1 Å². The zero-order valence-electron chi connectivity index (χ0n) is 11.2. The van der Waals surface area contributed by atoms with Gasteiger partial charge in [0.05, 0.1) is 12.0 Å². The molecular weight excluding hydrogens is 236 g/mol. The second-order valence-corrected chi connectivity index (χ2v) is 4.34. The van der Waals surface area contributed by atoms with Gasteiger partial charge >= 0.3 is 5.97 Å². The quantitative estimate of drug-likeness (QED) is 0.665. The molecule has 0 saturated heterocycles. The van der Waals surface area contributed by atoms with E-state index in [1.54, 1.807) is 20.8 Å². The van der Waals surface area contributed by atoms with Crippen molar-refractivity contribution < 1.29 is 19.5 Å². The topological polar surface area (TPSA) is 101 Å². The van der Waals surface area contributed by atoms with Crippen molar-refractivity contribution >= 4 is 17.8 Å². The second kappa shape index (κ2) is 6.98. The Morgan fingerprint density at radius 3 is 1.94 bits per heavy atom. The maximum Gasteiger partial charge on any atom is 0.310 e. The van der Waals surface area contributed by atoms with E-state index in [-0.39, 0.29) is 18.9 Å². The molecule has 0 aromatic heterocycles. The molecule has 6 nitrogen and oxygen atoms in total. The number of likely N-dealkylation sites (N-methyl/N-ethyl adjacent to an activating group) is 1. The van der Waals surface area contributed by atoms with Crippen LogP contribution in [0.1, 0.15) is 40.0 Å². The number of amides is 2. The third-order valence-corrected chi connectivity index (χ3v) is 3.38. The zero-order chi connectivity index (χ0) is 14.3. The van der Waals surface area contributed by atoms with Gasteiger partial charge in [-0.25, -0.2) is 0 Å². The lowest BCUT2D eigenvalue weighted by Gasteiger charge is -2.29. The summed E-state index contributed by atoms with van der Waals surface area (Å²) in [5, 5.41) is 9.25. The number of hydrogen-bond acceptors (Lipinski definition) is 3. The van der Waals surface area contributed by atoms with Gasteiger partial charge in [-0.15, -0.1) is 0 Å². The van der Waals surface area contributed by atoms with Crippen LogP contribution >= 0.6 is 0 Å². The van der Waals surface area contributed by atoms with Gasteiger partial charge in [-0.2, -0.15) is 0 Å². The van der Waals surface area contributed by atoms with Gasteiger partial charge in [0.25, 0.3) is 0 Å². The first kappa shape index (κ1) is 16.4. The summed E-state index contributed by atoms with van der Waals surface area (Å²) in [6.07, 6.45) is 0.647. The number of rotatable bonds is 8. The predicted octanol–water partition coefficient (Wildman–Crippen LogP) is 0.601. The van der Waals surface area contributed by atoms with Crippen molar-refractivity contribution in [3.8, 4) is 0 Å². The summed E-state index contributed by atoms with van der Waals surface area (Å²) in [6, 6.07) is 0. The highest BCUT2D eigenvalue weighted by Gasteiger charge is 2.38. The minimum atomic E-state index is -1.05. The molecule has 6 heteroatoms. The monoisotopic (exact) mass is 258 g/mol. The van der Waals surface area contributed by atoms with Crippen LogP contribution in [0.4, 0.5) is 0 Å². The number of primary amides is 1. The fourth-order valence-corrected chi connectivity index (χ4v) is 1.84. The fourth-order valence-electron chi connectivity index (χ4n) is 1.84. The summed E-state index contributed by atoms with van der Waals surface area (Å²) >= 11 is 0. The first-order chi connectivity index (χ1) is 8.32. The van der Waals surface area contributed by atoms with Crippen molar-refractivity contribution in [2.75, 3.05) is 13.1 Å². The van der Waals surface area contributed by atoms with Crippen molar-refractivity contribution in [1.29, 1.82) is 0 Å². The second-order valence-electron chi connectivity index (χ2n) is 4.34. The molecule has 2 amide bonds. The molecule has 0 heterocycles. The summed E-state index contributed by atoms with van der Waals surface area (Å²) in [6.45, 7) is 5.38. The lowest BCUT2D eigenvalue weighted by atomic mass is 9.79. The van der Waals surface area contributed by atoms with E-state index in [0.29, 0.717) is 19.4 Å². The van der Waals surface area contributed by atoms with Crippen LogP contribution < -0.4 is 5.73 Å². The van der Waals surface area contributed by atoms with E-state index in [1.165, 1.54) is 4.90 Å². The lowest BCUT2D eigenvalue weighted by Crippen LogP contribution is -2.42. The normalized spacial score (nSPS) is 11.1. The largest absolute Gasteiger partial charge is 0.481 e. The Morgan fingerprint density at radius 1 is 1.17 bits per heavy atom. The maximum absolute atomic E-state index is 12.0. The van der Waals surface area contributed by atoms with E-state index in [1.807, 2.05) is 0 Å². The number of carbonyl (C=O) groups excluding carboxylic acids is 2. The van der Waals surface area contributed by atoms with Crippen molar-refractivity contribution in [2.45, 2.75) is 40.0 Å². The molecule has 0 spiro atoms. The molecule has 0 unspecified atom stereocenters. The molecule has 0 fully saturated rings. The summed E-state index contributed by atoms with van der Waals surface area (Å²) in [5.41, 5.74) is 3.99. The van der Waals surface area contributed by atoms with Crippen molar-refractivity contribution in [3.05, 3.63) is 0 Å². The molecule has 3 N–H and O–H groups in total. The summed E-state index contributed by atoms with van der Waals surface area (Å²) in [5.74, 6) is -1.92. The molecule has 0 radical (unpaired) electrons. The van der Waals surface area contributed by atoms with Gasteiger partial charge in [-0.05, 0) is 19.8 Å². The Morgan fingerprint density at radius 2 is 1.67 bits per heavy atom. The number of carboxylic acid groups (broad SMARTS) is 1. The molecule has 0 saturated carbocycles. The number of hydrogen-bond donors (Lipinski definition) is 2. The molecule has 0 rings (SSSR count). The number of nitrogens with zero attached hydrogens (tertiary/aromatic N) is 1. The van der Waals surface area contributed by atoms with Gasteiger partial charge < -0.3 is 15.7 Å². The molecule has 0 aliphatic heterocycles. The fraction of sp³-hybridized carbons (Fsp3) is 0.750. The first-order valence-corrected chi connectivity index (χ1v) is 6.12. The Bertz CT molecular complexity index is 324. The average Bonchev–Trinajstić information content (AvgIpc) is 2.32. The van der Waals surface area contributed by atoms with Crippen LogP contribution in [0.25, 0.3) is 0 Å². The van der Waals surface area contributed by atoms with Gasteiger partial charge in [-0.3, -0.25) is 14.4 Å². The maximum atomic E-state index is 12.0. The third-order valence-electron chi connectivity index (χ3n) is 3.38. The highest BCUT2D eigenvalue weighted by Crippen LogP contribution is 2.31. The Labute approximate surface area is 107 Å². The van der Waals surface area contributed by atoms with Crippen LogP contribution in [-0.4, -0.2) is 40.9 Å². The molecule has 0 aliphatic carbocycles. The van der Waals surface area contributed by atoms with E-state index in [9.17, 15) is 19.5 Å². The van der Waals surface area contributed by atoms with Crippen LogP contribution in [-0.2, 0) is 14.4 Å². The Kier molecular flexibility index (Phi) is 6.36. The van der Waals surface area contributed by atoms with Crippen LogP contribution in [0.5, 0.6) is 0 Å². The van der Waals surface area contributed by atoms with Gasteiger partial charge in [0.1, 0.15) is 0 Å². The van der Waals surface area contributed by atoms with E-state index in [0.717, 1.165) is 0 Å². The number of nitrogens with two attached hydrogens (primary N) is 1. The molecular formula is C12H22N2O4. The minimum Gasteiger partial charge on any atom is -0.481 e. The lowest BCUT2D eigenvalue weighted by molar-refractivity contribution is -0.154. The number of carbonyl (C=O) groups is 3. The van der Waals surface area contributed by atoms with Crippen LogP contribution in [0.15, 0.2) is 0 Å². The van der Waals surface area contributed by atoms with Gasteiger partial charge in [-0.1, -0.05) is 13.8 Å². The van der Waals surface area contributed by atoms with Gasteiger partial charge in [0.2, 0.25) is 11.8 Å². The molecule has 0 bridgehead atoms. The van der Waals surface area contributed by atoms with Gasteiger partial charge in [0.15, 0.2) is 0 Å². The van der Waals surface area contributed by atoms with Crippen molar-refractivity contribution in [3.63, 3.8) is 0 Å². The van der Waals surface area contributed by atoms with E-state index in [4.69, 9.17) is 5.73 Å². The summed E-state index contributed by atoms with van der Waals surface area (Å²) < 4.78 is 0. The molecule has 0 atom stereocenters. The SMILES string of the molecule is CCN(CC(N)=O)C(=O)CC(CC)(CC)C(=O)O. The van der Waals surface area contributed by atoms with Crippen LogP contribution in [0, 0.1) is 5.41 Å². The summed E-state index contributed by atoms with van der Waals surface area (Å²) in [4.78, 5) is 35.4. The highest BCUT2D eigenvalue weighted by atomic mass is 16.4. The van der Waals surface area contributed by atoms with Crippen molar-refractivity contribution in [1.82, 2.24) is 4.90 Å². The van der Waals surface area contributed by atoms with E-state index in [2.05, 4.69) is 0 Å². The molecule has 18 heavy (non-hydrogen) atoms. The van der Waals surface area contributed by atoms with Gasteiger partial charge in [0, 0.05) is 13.0 Å². The molecule has 0 aromatic carbocycles. The number of carboxylic acids is 1. The smallest absolute Gasteiger partial charge is 0.310 e. The average molecular weight is 258 g/mol. The first-order valence-electron chi connectivity index (χ1n) is 6.12. The Hall–Kier alpha value is -1.59. The third kappa shape index (κ3) is 4.01. The Balaban J connectivity index is 4.88. The standard InChI is InChI=1S/C12H22N2O4/c1-4-12(5-2,11(17)18)7-10(16)14(6-3)8-9(13)15/h4-8H2,1-3H3,(H2,13,15)(H,17,18). The summed E-state index contributed by atoms with van der Waals surface area (Å²) in [7, 11) is 0. The molecule has 0 aromatic rings. The predicted molar refractivity (Wildman–Crippen MR) is 66.7 cm³/mol. The highest BCUT2D eigenvalue weighted by molar-refractivity contribution is 5.87. The van der Waals surface area contributed by atoms with Crippen LogP contribution in [0.3, 0.4) is 0 Å². The number of aliphatic carboxylic acids is 1. The molecule has 104 valence electrons. The van der Waals surface area contributed by atoms with E-state index >= 15 is 0 Å². The van der Waals surface area contributed by atoms with Crippen LogP contribution in [0.2, 0.25) is 0 Å². The zero-order valence-corrected chi connectivity index (χ0v) is 11.2.